The van der Waals surface area contributed by atoms with E-state index in [1.54, 1.807) is 6.92 Å². The lowest BCUT2D eigenvalue weighted by molar-refractivity contribution is -0.125. The average Bonchev–Trinajstić information content (AvgIpc) is 1.87. The van der Waals surface area contributed by atoms with E-state index in [2.05, 4.69) is 0 Å². The van der Waals surface area contributed by atoms with Gasteiger partial charge in [-0.1, -0.05) is 6.92 Å². The van der Waals surface area contributed by atoms with Gasteiger partial charge in [-0.2, -0.15) is 0 Å². The lowest BCUT2D eigenvalue weighted by Gasteiger charge is -1.91. The van der Waals surface area contributed by atoms with Gasteiger partial charge in [0.2, 0.25) is 0 Å². The van der Waals surface area contributed by atoms with Crippen molar-refractivity contribution in [1.29, 1.82) is 0 Å². The van der Waals surface area contributed by atoms with Crippen molar-refractivity contribution in [3.63, 3.8) is 0 Å². The zero-order valence-corrected chi connectivity index (χ0v) is 7.94. The Morgan fingerprint density at radius 2 is 1.89 bits per heavy atom. The molecule has 0 aromatic heterocycles. The standard InChI is InChI=1S/C6H12O2Si/c1-2-5(7)3-6(8)4-9/h2-4H2,1,9H3. The molecule has 0 aromatic rings. The highest BCUT2D eigenvalue weighted by molar-refractivity contribution is 6.22. The molecule has 0 bridgehead atoms. The molecule has 0 aliphatic rings. The second-order valence-electron chi connectivity index (χ2n) is 1.96. The fourth-order valence-corrected chi connectivity index (χ4v) is 0.720. The summed E-state index contributed by atoms with van der Waals surface area (Å²) in [5, 5.41) is 0. The Morgan fingerprint density at radius 1 is 1.33 bits per heavy atom. The highest BCUT2D eigenvalue weighted by Crippen LogP contribution is 1.91. The van der Waals surface area contributed by atoms with Crippen LogP contribution in [0.3, 0.4) is 0 Å². The predicted molar refractivity (Wildman–Crippen MR) is 39.7 cm³/mol. The zero-order valence-electron chi connectivity index (χ0n) is 5.94. The minimum absolute atomic E-state index is 0.0656. The van der Waals surface area contributed by atoms with E-state index >= 15 is 0 Å². The Hall–Kier alpha value is -0.443. The van der Waals surface area contributed by atoms with Crippen LogP contribution in [0, 0.1) is 0 Å². The van der Waals surface area contributed by atoms with Gasteiger partial charge in [-0.25, -0.2) is 0 Å². The molecule has 3 heteroatoms. The normalized spacial score (nSPS) is 9.44. The maximum atomic E-state index is 10.6. The van der Waals surface area contributed by atoms with E-state index in [1.807, 2.05) is 0 Å². The fourth-order valence-electron chi connectivity index (χ4n) is 0.470. The number of rotatable bonds is 4. The first-order valence-electron chi connectivity index (χ1n) is 3.24. The van der Waals surface area contributed by atoms with Crippen LogP contribution < -0.4 is 0 Å². The molecule has 0 atom stereocenters. The quantitative estimate of drug-likeness (QED) is 0.401. The molecule has 0 radical (unpaired) electrons. The third-order valence-electron chi connectivity index (χ3n) is 1.18. The number of hydrogen-bond donors (Lipinski definition) is 0. The number of Topliss-reactive ketones (excluding diaryl/α,β-unsaturated/α-hetero) is 2. The molecule has 0 spiro atoms. The molecule has 0 amide bonds. The van der Waals surface area contributed by atoms with Crippen LogP contribution in [0.5, 0.6) is 0 Å². The molecular formula is C6H12O2Si. The Balaban J connectivity index is 3.47. The maximum Gasteiger partial charge on any atom is 0.139 e. The molecular weight excluding hydrogens is 132 g/mol. The van der Waals surface area contributed by atoms with Crippen LogP contribution in [0.15, 0.2) is 0 Å². The van der Waals surface area contributed by atoms with Gasteiger partial charge in [0.1, 0.15) is 11.6 Å². The molecule has 0 saturated carbocycles. The van der Waals surface area contributed by atoms with E-state index in [-0.39, 0.29) is 18.0 Å². The van der Waals surface area contributed by atoms with Gasteiger partial charge in [0.25, 0.3) is 0 Å². The van der Waals surface area contributed by atoms with Gasteiger partial charge >= 0.3 is 0 Å². The third kappa shape index (κ3) is 4.09. The van der Waals surface area contributed by atoms with Gasteiger partial charge in [0.05, 0.1) is 6.42 Å². The van der Waals surface area contributed by atoms with Crippen molar-refractivity contribution in [3.8, 4) is 0 Å². The van der Waals surface area contributed by atoms with Gasteiger partial charge in [-0.15, -0.1) is 0 Å². The Labute approximate surface area is 58.1 Å². The van der Waals surface area contributed by atoms with E-state index in [1.165, 1.54) is 0 Å². The summed E-state index contributed by atoms with van der Waals surface area (Å²) in [4.78, 5) is 21.2. The van der Waals surface area contributed by atoms with Crippen molar-refractivity contribution in [2.45, 2.75) is 25.8 Å². The number of ketones is 2. The SMILES string of the molecule is CCC(=O)CC(=O)C[SiH3]. The molecule has 0 unspecified atom stereocenters. The molecule has 0 aliphatic heterocycles. The van der Waals surface area contributed by atoms with Crippen LogP contribution in [0.25, 0.3) is 0 Å². The predicted octanol–water partition coefficient (Wildman–Crippen LogP) is -0.292. The Morgan fingerprint density at radius 3 is 2.22 bits per heavy atom. The smallest absolute Gasteiger partial charge is 0.139 e. The van der Waals surface area contributed by atoms with Crippen LogP contribution >= 0.6 is 0 Å². The summed E-state index contributed by atoms with van der Waals surface area (Å²) in [5.74, 6) is 0.171. The van der Waals surface area contributed by atoms with E-state index in [4.69, 9.17) is 0 Å². The summed E-state index contributed by atoms with van der Waals surface area (Å²) < 4.78 is 0. The van der Waals surface area contributed by atoms with Gasteiger partial charge in [-0.05, 0) is 6.04 Å². The van der Waals surface area contributed by atoms with Gasteiger partial charge < -0.3 is 0 Å². The van der Waals surface area contributed by atoms with Crippen molar-refractivity contribution in [2.75, 3.05) is 0 Å². The Kier molecular flexibility index (Phi) is 4.22. The fraction of sp³-hybridized carbons (Fsp3) is 0.667. The second kappa shape index (κ2) is 4.44. The minimum atomic E-state index is 0.0656. The van der Waals surface area contributed by atoms with Crippen LogP contribution in [0.4, 0.5) is 0 Å². The largest absolute Gasteiger partial charge is 0.300 e. The molecule has 9 heavy (non-hydrogen) atoms. The highest BCUT2D eigenvalue weighted by Gasteiger charge is 2.03. The molecule has 0 heterocycles. The van der Waals surface area contributed by atoms with Gasteiger partial charge in [0.15, 0.2) is 0 Å². The van der Waals surface area contributed by atoms with Gasteiger partial charge in [-0.3, -0.25) is 9.59 Å². The highest BCUT2D eigenvalue weighted by atomic mass is 28.1. The maximum absolute atomic E-state index is 10.6. The zero-order chi connectivity index (χ0) is 7.28. The first-order valence-corrected chi connectivity index (χ1v) is 4.65. The van der Waals surface area contributed by atoms with Crippen LogP contribution in [0.2, 0.25) is 6.04 Å². The summed E-state index contributed by atoms with van der Waals surface area (Å²) in [7, 11) is 0.879. The lowest BCUT2D eigenvalue weighted by Crippen LogP contribution is -2.04. The molecule has 0 saturated heterocycles. The van der Waals surface area contributed by atoms with Crippen LogP contribution in [-0.2, 0) is 9.59 Å². The topological polar surface area (TPSA) is 34.1 Å². The Bertz CT molecular complexity index is 106. The van der Waals surface area contributed by atoms with Crippen LogP contribution in [0.1, 0.15) is 19.8 Å². The summed E-state index contributed by atoms with van der Waals surface area (Å²) in [6, 6.07) is 0.617. The minimum Gasteiger partial charge on any atom is -0.300 e. The number of hydrogen-bond acceptors (Lipinski definition) is 2. The average molecular weight is 144 g/mol. The summed E-state index contributed by atoms with van der Waals surface area (Å²) in [5.41, 5.74) is 0. The molecule has 0 fully saturated rings. The molecule has 2 nitrogen and oxygen atoms in total. The van der Waals surface area contributed by atoms with E-state index in [0.29, 0.717) is 12.5 Å². The monoisotopic (exact) mass is 144 g/mol. The van der Waals surface area contributed by atoms with Crippen molar-refractivity contribution in [1.82, 2.24) is 0 Å². The van der Waals surface area contributed by atoms with Crippen molar-refractivity contribution < 1.29 is 9.59 Å². The van der Waals surface area contributed by atoms with Crippen LogP contribution in [-0.4, -0.2) is 21.8 Å². The second-order valence-corrected chi connectivity index (χ2v) is 2.67. The first-order chi connectivity index (χ1) is 4.20. The summed E-state index contributed by atoms with van der Waals surface area (Å²) in [6.45, 7) is 1.78. The van der Waals surface area contributed by atoms with E-state index < -0.39 is 0 Å². The summed E-state index contributed by atoms with van der Waals surface area (Å²) in [6.07, 6.45) is 0.660. The molecule has 0 aromatic carbocycles. The van der Waals surface area contributed by atoms with E-state index in [9.17, 15) is 9.59 Å². The molecule has 0 rings (SSSR count). The van der Waals surface area contributed by atoms with Crippen molar-refractivity contribution >= 4 is 21.8 Å². The van der Waals surface area contributed by atoms with Crippen molar-refractivity contribution in [2.24, 2.45) is 0 Å². The number of carbonyl (C=O) groups excluding carboxylic acids is 2. The molecule has 52 valence electrons. The first kappa shape index (κ1) is 8.56. The molecule has 0 N–H and O–H groups in total. The number of carbonyl (C=O) groups is 2. The van der Waals surface area contributed by atoms with Crippen molar-refractivity contribution in [3.05, 3.63) is 0 Å². The van der Waals surface area contributed by atoms with Gasteiger partial charge in [0, 0.05) is 16.7 Å². The van der Waals surface area contributed by atoms with E-state index in [0.717, 1.165) is 10.2 Å². The lowest BCUT2D eigenvalue weighted by atomic mass is 10.2. The molecule has 0 aliphatic carbocycles. The summed E-state index contributed by atoms with van der Waals surface area (Å²) >= 11 is 0. The third-order valence-corrected chi connectivity index (χ3v) is 1.97.